The van der Waals surface area contributed by atoms with Gasteiger partial charge in [-0.15, -0.1) is 0 Å². The number of methoxy groups -OCH3 is 1. The van der Waals surface area contributed by atoms with Crippen LogP contribution in [0.1, 0.15) is 19.3 Å². The number of halogens is 2. The fourth-order valence-corrected chi connectivity index (χ4v) is 4.89. The molecule has 0 bridgehead atoms. The Kier molecular flexibility index (Phi) is 4.81. The second-order valence-electron chi connectivity index (χ2n) is 4.80. The Morgan fingerprint density at radius 2 is 1.90 bits per heavy atom. The highest BCUT2D eigenvalue weighted by molar-refractivity contribution is 7.89. The predicted molar refractivity (Wildman–Crippen MR) is 79.6 cm³/mol. The summed E-state index contributed by atoms with van der Waals surface area (Å²) in [6, 6.07) is 2.57. The molecule has 0 amide bonds. The van der Waals surface area contributed by atoms with E-state index < -0.39 is 10.0 Å². The molecule has 2 unspecified atom stereocenters. The molecule has 2 rings (SSSR count). The van der Waals surface area contributed by atoms with Crippen molar-refractivity contribution in [1.29, 1.82) is 0 Å². The first-order valence-corrected chi connectivity index (χ1v) is 8.37. The Hall–Kier alpha value is -0.530. The molecule has 8 heteroatoms. The van der Waals surface area contributed by atoms with Crippen molar-refractivity contribution in [3.05, 3.63) is 22.2 Å². The number of nitrogens with two attached hydrogens (primary N) is 1. The number of hydrogen-bond donors (Lipinski definition) is 2. The maximum atomic E-state index is 12.4. The summed E-state index contributed by atoms with van der Waals surface area (Å²) in [4.78, 5) is -0.129. The van der Waals surface area contributed by atoms with E-state index >= 15 is 0 Å². The highest BCUT2D eigenvalue weighted by Gasteiger charge is 2.30. The summed E-state index contributed by atoms with van der Waals surface area (Å²) in [7, 11) is -2.16. The Labute approximate surface area is 128 Å². The normalized spacial score (nSPS) is 23.1. The van der Waals surface area contributed by atoms with E-state index in [0.29, 0.717) is 12.1 Å². The average molecular weight is 339 g/mol. The summed E-state index contributed by atoms with van der Waals surface area (Å²) in [6.07, 6.45) is 2.27. The number of anilines is 1. The zero-order valence-electron chi connectivity index (χ0n) is 10.9. The first-order chi connectivity index (χ1) is 9.33. The molecule has 1 fully saturated rings. The van der Waals surface area contributed by atoms with E-state index in [9.17, 15) is 8.42 Å². The van der Waals surface area contributed by atoms with Crippen LogP contribution in [-0.4, -0.2) is 27.7 Å². The van der Waals surface area contributed by atoms with Crippen LogP contribution in [0.4, 0.5) is 5.69 Å². The minimum absolute atomic E-state index is 0.0174. The SMILES string of the molecule is COC1CCC(NS(=O)(=O)c2c(Cl)cc(N)cc2Cl)C1. The van der Waals surface area contributed by atoms with Gasteiger partial charge in [0.2, 0.25) is 10.0 Å². The van der Waals surface area contributed by atoms with E-state index in [1.165, 1.54) is 12.1 Å². The van der Waals surface area contributed by atoms with Gasteiger partial charge in [-0.1, -0.05) is 23.2 Å². The van der Waals surface area contributed by atoms with E-state index in [-0.39, 0.29) is 27.1 Å². The van der Waals surface area contributed by atoms with Crippen LogP contribution in [0, 0.1) is 0 Å². The van der Waals surface area contributed by atoms with Crippen molar-refractivity contribution < 1.29 is 13.2 Å². The largest absolute Gasteiger partial charge is 0.399 e. The molecule has 1 aromatic rings. The van der Waals surface area contributed by atoms with Gasteiger partial charge in [0, 0.05) is 18.8 Å². The van der Waals surface area contributed by atoms with Gasteiger partial charge >= 0.3 is 0 Å². The molecule has 0 aromatic heterocycles. The lowest BCUT2D eigenvalue weighted by Gasteiger charge is -2.15. The van der Waals surface area contributed by atoms with Crippen LogP contribution in [0.2, 0.25) is 10.0 Å². The smallest absolute Gasteiger partial charge is 0.243 e. The monoisotopic (exact) mass is 338 g/mol. The molecule has 5 nitrogen and oxygen atoms in total. The van der Waals surface area contributed by atoms with Crippen LogP contribution >= 0.6 is 23.2 Å². The van der Waals surface area contributed by atoms with Gasteiger partial charge in [-0.05, 0) is 31.4 Å². The molecule has 1 aliphatic rings. The molecule has 1 aromatic carbocycles. The van der Waals surface area contributed by atoms with Crippen molar-refractivity contribution >= 4 is 38.9 Å². The second kappa shape index (κ2) is 6.07. The number of nitrogens with one attached hydrogen (secondary N) is 1. The molecule has 2 atom stereocenters. The summed E-state index contributed by atoms with van der Waals surface area (Å²) < 4.78 is 32.6. The third kappa shape index (κ3) is 3.38. The average Bonchev–Trinajstić information content (AvgIpc) is 2.73. The standard InChI is InChI=1S/C12H16Cl2N2O3S/c1-19-9-3-2-8(6-9)16-20(17,18)12-10(13)4-7(15)5-11(12)14/h4-5,8-9,16H,2-3,6,15H2,1H3. The topological polar surface area (TPSA) is 81.4 Å². The lowest BCUT2D eigenvalue weighted by molar-refractivity contribution is 0.107. The van der Waals surface area contributed by atoms with E-state index in [1.54, 1.807) is 7.11 Å². The molecule has 112 valence electrons. The third-order valence-corrected chi connectivity index (χ3v) is 5.77. The van der Waals surface area contributed by atoms with Gasteiger partial charge in [0.15, 0.2) is 0 Å². The fraction of sp³-hybridized carbons (Fsp3) is 0.500. The minimum atomic E-state index is -3.78. The Bertz CT molecular complexity index is 584. The summed E-state index contributed by atoms with van der Waals surface area (Å²) in [5.41, 5.74) is 5.89. The van der Waals surface area contributed by atoms with Crippen LogP contribution < -0.4 is 10.5 Å². The van der Waals surface area contributed by atoms with Crippen LogP contribution in [-0.2, 0) is 14.8 Å². The van der Waals surface area contributed by atoms with Gasteiger partial charge in [-0.3, -0.25) is 0 Å². The van der Waals surface area contributed by atoms with Crippen LogP contribution in [0.3, 0.4) is 0 Å². The van der Waals surface area contributed by atoms with Gasteiger partial charge in [0.05, 0.1) is 16.1 Å². The van der Waals surface area contributed by atoms with Crippen molar-refractivity contribution in [2.45, 2.75) is 36.3 Å². The van der Waals surface area contributed by atoms with Crippen molar-refractivity contribution in [1.82, 2.24) is 4.72 Å². The maximum absolute atomic E-state index is 12.4. The van der Waals surface area contributed by atoms with Gasteiger partial charge in [0.1, 0.15) is 4.90 Å². The third-order valence-electron chi connectivity index (χ3n) is 3.33. The van der Waals surface area contributed by atoms with Gasteiger partial charge in [0.25, 0.3) is 0 Å². The zero-order valence-corrected chi connectivity index (χ0v) is 13.2. The van der Waals surface area contributed by atoms with Crippen molar-refractivity contribution in [2.24, 2.45) is 0 Å². The molecule has 0 radical (unpaired) electrons. The Morgan fingerprint density at radius 1 is 1.30 bits per heavy atom. The van der Waals surface area contributed by atoms with Gasteiger partial charge < -0.3 is 10.5 Å². The van der Waals surface area contributed by atoms with E-state index in [1.807, 2.05) is 0 Å². The van der Waals surface area contributed by atoms with Crippen molar-refractivity contribution in [3.8, 4) is 0 Å². The molecule has 0 saturated heterocycles. The molecular weight excluding hydrogens is 323 g/mol. The summed E-state index contributed by atoms with van der Waals surface area (Å²) >= 11 is 11.9. The molecule has 3 N–H and O–H groups in total. The molecular formula is C12H16Cl2N2O3S. The number of benzene rings is 1. The van der Waals surface area contributed by atoms with Crippen LogP contribution in [0.25, 0.3) is 0 Å². The summed E-state index contributed by atoms with van der Waals surface area (Å²) in [5.74, 6) is 0. The van der Waals surface area contributed by atoms with Crippen LogP contribution in [0.15, 0.2) is 17.0 Å². The predicted octanol–water partition coefficient (Wildman–Crippen LogP) is 2.42. The second-order valence-corrected chi connectivity index (χ2v) is 7.27. The highest BCUT2D eigenvalue weighted by Crippen LogP contribution is 2.33. The molecule has 1 saturated carbocycles. The Morgan fingerprint density at radius 3 is 2.40 bits per heavy atom. The quantitative estimate of drug-likeness (QED) is 0.826. The lowest BCUT2D eigenvalue weighted by Crippen LogP contribution is -2.33. The highest BCUT2D eigenvalue weighted by atomic mass is 35.5. The first-order valence-electron chi connectivity index (χ1n) is 6.13. The molecule has 0 aliphatic heterocycles. The zero-order chi connectivity index (χ0) is 14.9. The molecule has 1 aliphatic carbocycles. The minimum Gasteiger partial charge on any atom is -0.399 e. The number of nitrogen functional groups attached to an aromatic ring is 1. The van der Waals surface area contributed by atoms with E-state index in [2.05, 4.69) is 4.72 Å². The molecule has 0 spiro atoms. The number of sulfonamides is 1. The molecule has 0 heterocycles. The Balaban J connectivity index is 2.24. The number of ether oxygens (including phenoxy) is 1. The van der Waals surface area contributed by atoms with Gasteiger partial charge in [-0.25, -0.2) is 13.1 Å². The summed E-state index contributed by atoms with van der Waals surface area (Å²) in [6.45, 7) is 0. The van der Waals surface area contributed by atoms with Gasteiger partial charge in [-0.2, -0.15) is 0 Å². The number of hydrogen-bond acceptors (Lipinski definition) is 4. The lowest BCUT2D eigenvalue weighted by atomic mass is 10.3. The fourth-order valence-electron chi connectivity index (χ4n) is 2.38. The van der Waals surface area contributed by atoms with E-state index in [0.717, 1.165) is 12.8 Å². The summed E-state index contributed by atoms with van der Waals surface area (Å²) in [5, 5.41) is 0.0348. The van der Waals surface area contributed by atoms with E-state index in [4.69, 9.17) is 33.7 Å². The van der Waals surface area contributed by atoms with Crippen molar-refractivity contribution in [3.63, 3.8) is 0 Å². The maximum Gasteiger partial charge on any atom is 0.243 e. The number of rotatable bonds is 4. The van der Waals surface area contributed by atoms with Crippen molar-refractivity contribution in [2.75, 3.05) is 12.8 Å². The van der Waals surface area contributed by atoms with Crippen LogP contribution in [0.5, 0.6) is 0 Å². The molecule has 20 heavy (non-hydrogen) atoms. The first kappa shape index (κ1) is 15.9.